The van der Waals surface area contributed by atoms with Crippen molar-refractivity contribution < 1.29 is 14.3 Å². The van der Waals surface area contributed by atoms with Crippen molar-refractivity contribution in [1.82, 2.24) is 15.5 Å². The molecule has 1 unspecified atom stereocenters. The van der Waals surface area contributed by atoms with Gasteiger partial charge >= 0.3 is 6.03 Å². The molecular weight excluding hydrogens is 318 g/mol. The molecule has 1 aliphatic heterocycles. The van der Waals surface area contributed by atoms with Gasteiger partial charge in [-0.05, 0) is 49.9 Å². The molecule has 1 atom stereocenters. The number of urea groups is 1. The summed E-state index contributed by atoms with van der Waals surface area (Å²) in [6.45, 7) is 1.11. The third-order valence-electron chi connectivity index (χ3n) is 5.15. The zero-order valence-corrected chi connectivity index (χ0v) is 14.8. The molecule has 1 aromatic rings. The molecule has 1 aliphatic carbocycles. The lowest BCUT2D eigenvalue weighted by Gasteiger charge is -2.24. The van der Waals surface area contributed by atoms with Crippen molar-refractivity contribution in [3.8, 4) is 5.75 Å². The molecule has 0 spiro atoms. The average molecular weight is 345 g/mol. The third kappa shape index (κ3) is 4.72. The van der Waals surface area contributed by atoms with Gasteiger partial charge in [0.15, 0.2) is 0 Å². The highest BCUT2D eigenvalue weighted by Gasteiger charge is 2.28. The molecule has 1 aromatic carbocycles. The topological polar surface area (TPSA) is 70.7 Å². The maximum atomic E-state index is 12.2. The molecule has 1 saturated carbocycles. The summed E-state index contributed by atoms with van der Waals surface area (Å²) in [5.41, 5.74) is 1.18. The number of amides is 3. The van der Waals surface area contributed by atoms with E-state index in [-0.39, 0.29) is 30.6 Å². The van der Waals surface area contributed by atoms with Gasteiger partial charge < -0.3 is 10.1 Å². The maximum Gasteiger partial charge on any atom is 0.321 e. The molecule has 3 rings (SSSR count). The molecule has 1 saturated heterocycles. The molecule has 3 amide bonds. The van der Waals surface area contributed by atoms with Gasteiger partial charge in [-0.2, -0.15) is 0 Å². The van der Waals surface area contributed by atoms with Crippen LogP contribution >= 0.6 is 0 Å². The van der Waals surface area contributed by atoms with E-state index in [0.717, 1.165) is 50.8 Å². The van der Waals surface area contributed by atoms with Crippen LogP contribution in [0.2, 0.25) is 0 Å². The second-order valence-electron chi connectivity index (χ2n) is 6.90. The Morgan fingerprint density at radius 3 is 2.52 bits per heavy atom. The number of benzene rings is 1. The van der Waals surface area contributed by atoms with Crippen LogP contribution < -0.4 is 15.4 Å². The molecule has 2 N–H and O–H groups in total. The zero-order chi connectivity index (χ0) is 17.6. The van der Waals surface area contributed by atoms with Gasteiger partial charge in [0.2, 0.25) is 5.91 Å². The number of ether oxygens (including phenoxy) is 1. The van der Waals surface area contributed by atoms with Crippen LogP contribution in [0.15, 0.2) is 24.3 Å². The molecule has 2 fully saturated rings. The quantitative estimate of drug-likeness (QED) is 0.860. The molecule has 1 heterocycles. The standard InChI is InChI=1S/C19H27N3O3/c1-25-16-10-8-14(9-11-16)17-7-4-12-22(17)13-18(23)21-19(24)20-15-5-2-3-6-15/h8-11,15,17H,2-7,12-13H2,1H3,(H2,20,21,23,24). The second kappa shape index (κ2) is 8.34. The molecule has 0 bridgehead atoms. The fourth-order valence-corrected chi connectivity index (χ4v) is 3.86. The Morgan fingerprint density at radius 1 is 1.12 bits per heavy atom. The first-order valence-electron chi connectivity index (χ1n) is 9.14. The first kappa shape index (κ1) is 17.7. The number of rotatable bonds is 5. The van der Waals surface area contributed by atoms with Crippen molar-refractivity contribution in [1.29, 1.82) is 0 Å². The van der Waals surface area contributed by atoms with E-state index < -0.39 is 0 Å². The number of nitrogens with zero attached hydrogens (tertiary/aromatic N) is 1. The van der Waals surface area contributed by atoms with Gasteiger partial charge in [-0.3, -0.25) is 15.0 Å². The van der Waals surface area contributed by atoms with E-state index in [2.05, 4.69) is 15.5 Å². The van der Waals surface area contributed by atoms with Crippen molar-refractivity contribution in [3.63, 3.8) is 0 Å². The van der Waals surface area contributed by atoms with Gasteiger partial charge in [0.1, 0.15) is 5.75 Å². The maximum absolute atomic E-state index is 12.2. The molecule has 2 aliphatic rings. The molecule has 6 nitrogen and oxygen atoms in total. The summed E-state index contributed by atoms with van der Waals surface area (Å²) in [4.78, 5) is 26.3. The highest BCUT2D eigenvalue weighted by Crippen LogP contribution is 2.32. The molecule has 25 heavy (non-hydrogen) atoms. The number of carbonyl (C=O) groups is 2. The number of hydrogen-bond donors (Lipinski definition) is 2. The molecule has 136 valence electrons. The van der Waals surface area contributed by atoms with E-state index in [1.165, 1.54) is 5.56 Å². The van der Waals surface area contributed by atoms with Crippen LogP contribution in [0, 0.1) is 0 Å². The van der Waals surface area contributed by atoms with E-state index in [9.17, 15) is 9.59 Å². The fraction of sp³-hybridized carbons (Fsp3) is 0.579. The predicted molar refractivity (Wildman–Crippen MR) is 95.5 cm³/mol. The predicted octanol–water partition coefficient (Wildman–Crippen LogP) is 2.60. The van der Waals surface area contributed by atoms with Crippen LogP contribution in [0.1, 0.15) is 50.1 Å². The fourth-order valence-electron chi connectivity index (χ4n) is 3.86. The van der Waals surface area contributed by atoms with Crippen molar-refractivity contribution >= 4 is 11.9 Å². The van der Waals surface area contributed by atoms with Crippen molar-refractivity contribution in [3.05, 3.63) is 29.8 Å². The van der Waals surface area contributed by atoms with Gasteiger partial charge in [0.05, 0.1) is 13.7 Å². The SMILES string of the molecule is COc1ccc(C2CCCN2CC(=O)NC(=O)NC2CCCC2)cc1. The van der Waals surface area contributed by atoms with Crippen LogP contribution in [-0.2, 0) is 4.79 Å². The Labute approximate surface area is 148 Å². The Morgan fingerprint density at radius 2 is 1.84 bits per heavy atom. The minimum atomic E-state index is -0.364. The van der Waals surface area contributed by atoms with E-state index >= 15 is 0 Å². The van der Waals surface area contributed by atoms with Crippen LogP contribution in [0.5, 0.6) is 5.75 Å². The number of likely N-dealkylation sites (tertiary alicyclic amines) is 1. The number of carbonyl (C=O) groups excluding carboxylic acids is 2. The largest absolute Gasteiger partial charge is 0.497 e. The van der Waals surface area contributed by atoms with Crippen molar-refractivity contribution in [2.45, 2.75) is 50.6 Å². The first-order valence-corrected chi connectivity index (χ1v) is 9.14. The van der Waals surface area contributed by atoms with Gasteiger partial charge in [-0.25, -0.2) is 4.79 Å². The van der Waals surface area contributed by atoms with Crippen LogP contribution in [0.4, 0.5) is 4.79 Å². The lowest BCUT2D eigenvalue weighted by molar-refractivity contribution is -0.121. The summed E-state index contributed by atoms with van der Waals surface area (Å²) in [6, 6.07) is 8.05. The van der Waals surface area contributed by atoms with Crippen LogP contribution in [0.25, 0.3) is 0 Å². The Hall–Kier alpha value is -2.08. The van der Waals surface area contributed by atoms with E-state index in [1.807, 2.05) is 24.3 Å². The third-order valence-corrected chi connectivity index (χ3v) is 5.15. The van der Waals surface area contributed by atoms with Gasteiger partial charge in [0.25, 0.3) is 0 Å². The monoisotopic (exact) mass is 345 g/mol. The van der Waals surface area contributed by atoms with Crippen LogP contribution in [0.3, 0.4) is 0 Å². The summed E-state index contributed by atoms with van der Waals surface area (Å²) in [6.07, 6.45) is 6.39. The van der Waals surface area contributed by atoms with Gasteiger partial charge in [-0.15, -0.1) is 0 Å². The minimum absolute atomic E-state index is 0.214. The number of methoxy groups -OCH3 is 1. The molecule has 0 radical (unpaired) electrons. The highest BCUT2D eigenvalue weighted by atomic mass is 16.5. The first-order chi connectivity index (χ1) is 12.2. The van der Waals surface area contributed by atoms with E-state index in [1.54, 1.807) is 7.11 Å². The Balaban J connectivity index is 1.51. The average Bonchev–Trinajstić information content (AvgIpc) is 3.26. The Bertz CT molecular complexity index is 596. The van der Waals surface area contributed by atoms with E-state index in [4.69, 9.17) is 4.74 Å². The summed E-state index contributed by atoms with van der Waals surface area (Å²) in [5, 5.41) is 5.36. The highest BCUT2D eigenvalue weighted by molar-refractivity contribution is 5.95. The van der Waals surface area contributed by atoms with Crippen LogP contribution in [-0.4, -0.2) is 43.1 Å². The summed E-state index contributed by atoms with van der Waals surface area (Å²) >= 11 is 0. The number of imide groups is 1. The smallest absolute Gasteiger partial charge is 0.321 e. The molecular formula is C19H27N3O3. The lowest BCUT2D eigenvalue weighted by Crippen LogP contribution is -2.46. The normalized spacial score (nSPS) is 21.2. The summed E-state index contributed by atoms with van der Waals surface area (Å²) in [7, 11) is 1.65. The minimum Gasteiger partial charge on any atom is -0.497 e. The van der Waals surface area contributed by atoms with Crippen molar-refractivity contribution in [2.24, 2.45) is 0 Å². The summed E-state index contributed by atoms with van der Waals surface area (Å²) in [5.74, 6) is 0.588. The molecule has 6 heteroatoms. The van der Waals surface area contributed by atoms with E-state index in [0.29, 0.717) is 0 Å². The number of hydrogen-bond acceptors (Lipinski definition) is 4. The Kier molecular flexibility index (Phi) is 5.91. The molecule has 0 aromatic heterocycles. The lowest BCUT2D eigenvalue weighted by atomic mass is 10.0. The summed E-state index contributed by atoms with van der Waals surface area (Å²) < 4.78 is 5.20. The zero-order valence-electron chi connectivity index (χ0n) is 14.8. The number of nitrogens with one attached hydrogen (secondary N) is 2. The second-order valence-corrected chi connectivity index (χ2v) is 6.90. The van der Waals surface area contributed by atoms with Crippen molar-refractivity contribution in [2.75, 3.05) is 20.2 Å². The van der Waals surface area contributed by atoms with Gasteiger partial charge in [-0.1, -0.05) is 25.0 Å². The van der Waals surface area contributed by atoms with Gasteiger partial charge in [0, 0.05) is 12.1 Å².